The van der Waals surface area contributed by atoms with Crippen molar-refractivity contribution in [2.45, 2.75) is 41.5 Å². The van der Waals surface area contributed by atoms with E-state index in [1.54, 1.807) is 20.8 Å². The average molecular weight is 456 g/mol. The maximum atomic E-state index is 12.7. The molecule has 0 bridgehead atoms. The summed E-state index contributed by atoms with van der Waals surface area (Å²) in [4.78, 5) is 75.0. The van der Waals surface area contributed by atoms with Crippen molar-refractivity contribution in [3.63, 3.8) is 0 Å². The third-order valence-electron chi connectivity index (χ3n) is 5.48. The molecule has 0 atom stereocenters. The molecule has 3 rings (SSSR count). The van der Waals surface area contributed by atoms with Crippen molar-refractivity contribution in [3.05, 3.63) is 69.9 Å². The summed E-state index contributed by atoms with van der Waals surface area (Å²) < 4.78 is 0. The first-order valence-corrected chi connectivity index (χ1v) is 10.7. The van der Waals surface area contributed by atoms with Crippen LogP contribution in [0.25, 0.3) is 0 Å². The molecule has 0 unspecified atom stereocenters. The topological polar surface area (TPSA) is 102 Å². The summed E-state index contributed by atoms with van der Waals surface area (Å²) in [5.41, 5.74) is -0.953. The summed E-state index contributed by atoms with van der Waals surface area (Å²) in [6.07, 6.45) is 6.60. The third-order valence-corrected chi connectivity index (χ3v) is 5.48. The maximum absolute atomic E-state index is 12.7. The highest BCUT2D eigenvalue weighted by atomic mass is 16.2. The van der Waals surface area contributed by atoms with Gasteiger partial charge < -0.3 is 0 Å². The Bertz CT molecular complexity index is 1340. The number of hydrogen-bond donors (Lipinski definition) is 0. The number of hydrogen-bond acceptors (Lipinski definition) is 6. The average Bonchev–Trinajstić information content (AvgIpc) is 2.70. The molecule has 6 heteroatoms. The van der Waals surface area contributed by atoms with Gasteiger partial charge in [-0.15, -0.1) is 0 Å². The first kappa shape index (κ1) is 24.7. The monoisotopic (exact) mass is 456 g/mol. The Balaban J connectivity index is 1.85. The molecule has 3 aliphatic carbocycles. The maximum Gasteiger partial charge on any atom is 0.195 e. The van der Waals surface area contributed by atoms with E-state index in [2.05, 4.69) is 11.8 Å². The lowest BCUT2D eigenvalue weighted by molar-refractivity contribution is -0.116. The molecule has 0 N–H and O–H groups in total. The number of allylic oxidation sites excluding steroid dienone is 12. The molecule has 0 aromatic carbocycles. The summed E-state index contributed by atoms with van der Waals surface area (Å²) in [5.74, 6) is 1.98. The van der Waals surface area contributed by atoms with Crippen LogP contribution in [0.2, 0.25) is 0 Å². The van der Waals surface area contributed by atoms with Gasteiger partial charge in [-0.25, -0.2) is 0 Å². The Morgan fingerprint density at radius 1 is 0.441 bits per heavy atom. The van der Waals surface area contributed by atoms with E-state index in [1.807, 2.05) is 20.8 Å². The van der Waals surface area contributed by atoms with E-state index < -0.39 is 39.7 Å². The van der Waals surface area contributed by atoms with Crippen molar-refractivity contribution in [2.75, 3.05) is 0 Å². The lowest BCUT2D eigenvalue weighted by Gasteiger charge is -2.24. The molecule has 0 heterocycles. The zero-order chi connectivity index (χ0) is 25.6. The standard InChI is InChI=1S/C28H24O6/c1-27(2,3)19-13-22(30)16(10-25(19)33)8-7-15-9-23(31)17(11-21(15)29)18-12-26(34)20(14-24(18)32)28(4,5)6/h9-14H,1-6H3. The van der Waals surface area contributed by atoms with Crippen LogP contribution in [-0.4, -0.2) is 34.7 Å². The molecule has 0 saturated carbocycles. The van der Waals surface area contributed by atoms with E-state index in [-0.39, 0.29) is 28.1 Å². The van der Waals surface area contributed by atoms with Crippen molar-refractivity contribution in [3.8, 4) is 11.8 Å². The second kappa shape index (κ2) is 8.42. The Morgan fingerprint density at radius 2 is 0.765 bits per heavy atom. The van der Waals surface area contributed by atoms with Crippen LogP contribution >= 0.6 is 0 Å². The summed E-state index contributed by atoms with van der Waals surface area (Å²) in [5, 5.41) is 0. The van der Waals surface area contributed by atoms with E-state index in [9.17, 15) is 28.8 Å². The van der Waals surface area contributed by atoms with Crippen molar-refractivity contribution < 1.29 is 28.8 Å². The van der Waals surface area contributed by atoms with Crippen molar-refractivity contribution >= 4 is 34.7 Å². The number of carbonyl (C=O) groups excluding carboxylic acids is 6. The minimum Gasteiger partial charge on any atom is -0.290 e. The smallest absolute Gasteiger partial charge is 0.195 e. The van der Waals surface area contributed by atoms with Crippen LogP contribution in [0.3, 0.4) is 0 Å². The van der Waals surface area contributed by atoms with Crippen LogP contribution < -0.4 is 0 Å². The van der Waals surface area contributed by atoms with Gasteiger partial charge in [0.2, 0.25) is 0 Å². The fraction of sp³-hybridized carbons (Fsp3) is 0.286. The minimum atomic E-state index is -0.654. The van der Waals surface area contributed by atoms with E-state index in [4.69, 9.17) is 0 Å². The fourth-order valence-corrected chi connectivity index (χ4v) is 3.60. The summed E-state index contributed by atoms with van der Waals surface area (Å²) in [6.45, 7) is 10.8. The van der Waals surface area contributed by atoms with Gasteiger partial charge in [-0.2, -0.15) is 0 Å². The van der Waals surface area contributed by atoms with E-state index >= 15 is 0 Å². The van der Waals surface area contributed by atoms with E-state index in [1.165, 1.54) is 12.2 Å². The molecule has 0 spiro atoms. The highest BCUT2D eigenvalue weighted by Crippen LogP contribution is 2.32. The van der Waals surface area contributed by atoms with Crippen molar-refractivity contribution in [2.24, 2.45) is 10.8 Å². The van der Waals surface area contributed by atoms with Crippen LogP contribution in [0.5, 0.6) is 0 Å². The molecule has 0 saturated heterocycles. The van der Waals surface area contributed by atoms with Crippen LogP contribution in [0.1, 0.15) is 41.5 Å². The van der Waals surface area contributed by atoms with E-state index in [0.29, 0.717) is 11.1 Å². The summed E-state index contributed by atoms with van der Waals surface area (Å²) in [7, 11) is 0. The SMILES string of the molecule is CC(C)(C)C1=CC(=O)C(C#CC2=CC(=O)C(C3=CC(=O)C(C(C)(C)C)=CC3=O)=CC2=O)=CC1=O. The van der Waals surface area contributed by atoms with Gasteiger partial charge in [-0.3, -0.25) is 28.8 Å². The van der Waals surface area contributed by atoms with Crippen molar-refractivity contribution in [1.82, 2.24) is 0 Å². The Kier molecular flexibility index (Phi) is 6.11. The van der Waals surface area contributed by atoms with Gasteiger partial charge in [0.1, 0.15) is 0 Å². The van der Waals surface area contributed by atoms with E-state index in [0.717, 1.165) is 24.3 Å². The van der Waals surface area contributed by atoms with Crippen LogP contribution in [0.4, 0.5) is 0 Å². The van der Waals surface area contributed by atoms with Gasteiger partial charge >= 0.3 is 0 Å². The largest absolute Gasteiger partial charge is 0.290 e. The molecule has 34 heavy (non-hydrogen) atoms. The van der Waals surface area contributed by atoms with Gasteiger partial charge in [0, 0.05) is 34.4 Å². The molecule has 6 nitrogen and oxygen atoms in total. The van der Waals surface area contributed by atoms with Crippen LogP contribution in [0.15, 0.2) is 69.9 Å². The second-order valence-corrected chi connectivity index (χ2v) is 10.3. The molecule has 0 aliphatic heterocycles. The highest BCUT2D eigenvalue weighted by molar-refractivity contribution is 6.31. The predicted octanol–water partition coefficient (Wildman–Crippen LogP) is 3.10. The van der Waals surface area contributed by atoms with Gasteiger partial charge in [0.05, 0.1) is 11.1 Å². The molecule has 0 fully saturated rings. The zero-order valence-corrected chi connectivity index (χ0v) is 19.9. The molecular weight excluding hydrogens is 432 g/mol. The quantitative estimate of drug-likeness (QED) is 0.444. The normalized spacial score (nSPS) is 19.5. The predicted molar refractivity (Wildman–Crippen MR) is 125 cm³/mol. The molecule has 0 aromatic rings. The Labute approximate surface area is 197 Å². The first-order valence-electron chi connectivity index (χ1n) is 10.7. The molecule has 0 amide bonds. The zero-order valence-electron chi connectivity index (χ0n) is 19.9. The molecule has 0 aromatic heterocycles. The van der Waals surface area contributed by atoms with Gasteiger partial charge in [0.25, 0.3) is 0 Å². The Hall–Kier alpha value is -3.98. The lowest BCUT2D eigenvalue weighted by Crippen LogP contribution is -2.25. The first-order chi connectivity index (χ1) is 15.6. The molecule has 3 aliphatic rings. The van der Waals surface area contributed by atoms with Crippen LogP contribution in [-0.2, 0) is 28.8 Å². The Morgan fingerprint density at radius 3 is 1.24 bits per heavy atom. The number of ketones is 6. The lowest BCUT2D eigenvalue weighted by atomic mass is 9.78. The summed E-state index contributed by atoms with van der Waals surface area (Å²) >= 11 is 0. The second-order valence-electron chi connectivity index (χ2n) is 10.3. The van der Waals surface area contributed by atoms with Gasteiger partial charge in [-0.1, -0.05) is 53.4 Å². The number of rotatable bonds is 1. The van der Waals surface area contributed by atoms with Gasteiger partial charge in [0.15, 0.2) is 34.7 Å². The van der Waals surface area contributed by atoms with Crippen LogP contribution in [0, 0.1) is 22.7 Å². The summed E-state index contributed by atoms with van der Waals surface area (Å²) in [6, 6.07) is 0. The minimum absolute atomic E-state index is 0.0791. The molecule has 172 valence electrons. The molecule has 0 radical (unpaired) electrons. The fourth-order valence-electron chi connectivity index (χ4n) is 3.60. The van der Waals surface area contributed by atoms with Crippen molar-refractivity contribution in [1.29, 1.82) is 0 Å². The third kappa shape index (κ3) is 4.84. The highest BCUT2D eigenvalue weighted by Gasteiger charge is 2.33. The number of carbonyl (C=O) groups is 6. The molecular formula is C28H24O6. The van der Waals surface area contributed by atoms with Gasteiger partial charge in [-0.05, 0) is 35.1 Å².